The lowest BCUT2D eigenvalue weighted by molar-refractivity contribution is -0.0441. The van der Waals surface area contributed by atoms with E-state index in [9.17, 15) is 0 Å². The number of halogens is 1. The first kappa shape index (κ1) is 13.6. The van der Waals surface area contributed by atoms with Crippen molar-refractivity contribution in [2.24, 2.45) is 5.73 Å². The maximum Gasteiger partial charge on any atom is 0.184 e. The summed E-state index contributed by atoms with van der Waals surface area (Å²) < 4.78 is 10.9. The fourth-order valence-electron chi connectivity index (χ4n) is 2.27. The predicted molar refractivity (Wildman–Crippen MR) is 78.6 cm³/mol. The lowest BCUT2D eigenvalue weighted by Gasteiger charge is -2.15. The van der Waals surface area contributed by atoms with Crippen LogP contribution in [-0.4, -0.2) is 13.2 Å². The molecule has 1 unspecified atom stereocenters. The van der Waals surface area contributed by atoms with Gasteiger partial charge in [0.2, 0.25) is 0 Å². The normalized spacial score (nSPS) is 17.3. The van der Waals surface area contributed by atoms with Gasteiger partial charge < -0.3 is 15.2 Å². The number of rotatable bonds is 3. The average Bonchev–Trinajstić information content (AvgIpc) is 3.02. The minimum atomic E-state index is -0.240. The Balaban J connectivity index is 1.78. The van der Waals surface area contributed by atoms with E-state index in [0.717, 1.165) is 16.7 Å². The molecule has 0 radical (unpaired) electrons. The molecule has 2 N–H and O–H groups in total. The molecule has 104 valence electrons. The Labute approximate surface area is 123 Å². The van der Waals surface area contributed by atoms with E-state index < -0.39 is 0 Å². The van der Waals surface area contributed by atoms with Gasteiger partial charge in [0.05, 0.1) is 19.3 Å². The first-order chi connectivity index (χ1) is 9.74. The third-order valence-electron chi connectivity index (χ3n) is 3.42. The summed E-state index contributed by atoms with van der Waals surface area (Å²) in [6, 6.07) is 15.5. The molecule has 0 amide bonds. The summed E-state index contributed by atoms with van der Waals surface area (Å²) >= 11 is 5.89. The van der Waals surface area contributed by atoms with Gasteiger partial charge in [0.15, 0.2) is 6.29 Å². The van der Waals surface area contributed by atoms with Crippen LogP contribution < -0.4 is 5.73 Å². The molecule has 20 heavy (non-hydrogen) atoms. The summed E-state index contributed by atoms with van der Waals surface area (Å²) in [6.45, 7) is 1.30. The van der Waals surface area contributed by atoms with Crippen LogP contribution in [0, 0.1) is 0 Å². The zero-order valence-corrected chi connectivity index (χ0v) is 11.7. The highest BCUT2D eigenvalue weighted by atomic mass is 35.5. The van der Waals surface area contributed by atoms with Gasteiger partial charge in [0.25, 0.3) is 0 Å². The van der Waals surface area contributed by atoms with Crippen molar-refractivity contribution < 1.29 is 9.47 Å². The Morgan fingerprint density at radius 1 is 0.900 bits per heavy atom. The van der Waals surface area contributed by atoms with Crippen molar-refractivity contribution in [2.75, 3.05) is 13.2 Å². The van der Waals surface area contributed by atoms with E-state index >= 15 is 0 Å². The van der Waals surface area contributed by atoms with Gasteiger partial charge in [-0.2, -0.15) is 0 Å². The van der Waals surface area contributed by atoms with E-state index in [1.54, 1.807) is 0 Å². The van der Waals surface area contributed by atoms with Crippen LogP contribution in [0.2, 0.25) is 5.02 Å². The minimum Gasteiger partial charge on any atom is -0.346 e. The molecule has 0 spiro atoms. The van der Waals surface area contributed by atoms with E-state index in [0.29, 0.717) is 18.2 Å². The van der Waals surface area contributed by atoms with Crippen LogP contribution in [0.4, 0.5) is 0 Å². The molecule has 1 saturated heterocycles. The molecular weight excluding hydrogens is 274 g/mol. The van der Waals surface area contributed by atoms with Crippen molar-refractivity contribution in [1.82, 2.24) is 0 Å². The van der Waals surface area contributed by atoms with Gasteiger partial charge >= 0.3 is 0 Å². The van der Waals surface area contributed by atoms with Gasteiger partial charge in [-0.05, 0) is 23.3 Å². The van der Waals surface area contributed by atoms with Gasteiger partial charge in [0, 0.05) is 10.6 Å². The monoisotopic (exact) mass is 289 g/mol. The Hall–Kier alpha value is -1.39. The Bertz CT molecular complexity index is 562. The highest BCUT2D eigenvalue weighted by molar-refractivity contribution is 6.30. The molecule has 1 aliphatic heterocycles. The van der Waals surface area contributed by atoms with Crippen LogP contribution >= 0.6 is 11.6 Å². The molecule has 3 rings (SSSR count). The van der Waals surface area contributed by atoms with E-state index in [-0.39, 0.29) is 12.3 Å². The number of benzene rings is 2. The van der Waals surface area contributed by atoms with Crippen LogP contribution in [0.5, 0.6) is 0 Å². The average molecular weight is 290 g/mol. The molecule has 0 aromatic heterocycles. The van der Waals surface area contributed by atoms with Crippen LogP contribution in [0.1, 0.15) is 29.0 Å². The topological polar surface area (TPSA) is 44.5 Å². The van der Waals surface area contributed by atoms with E-state index in [1.165, 1.54) is 0 Å². The van der Waals surface area contributed by atoms with Crippen molar-refractivity contribution in [3.63, 3.8) is 0 Å². The molecule has 0 bridgehead atoms. The van der Waals surface area contributed by atoms with Gasteiger partial charge in [0.1, 0.15) is 0 Å². The van der Waals surface area contributed by atoms with Crippen molar-refractivity contribution in [3.05, 3.63) is 70.2 Å². The van der Waals surface area contributed by atoms with Crippen molar-refractivity contribution in [3.8, 4) is 0 Å². The van der Waals surface area contributed by atoms with Crippen LogP contribution in [0.15, 0.2) is 48.5 Å². The summed E-state index contributed by atoms with van der Waals surface area (Å²) in [6.07, 6.45) is -0.240. The summed E-state index contributed by atoms with van der Waals surface area (Å²) in [4.78, 5) is 0. The van der Waals surface area contributed by atoms with Crippen molar-refractivity contribution >= 4 is 11.6 Å². The van der Waals surface area contributed by atoms with Crippen molar-refractivity contribution in [1.29, 1.82) is 0 Å². The highest BCUT2D eigenvalue weighted by Crippen LogP contribution is 2.26. The summed E-state index contributed by atoms with van der Waals surface area (Å²) in [5.41, 5.74) is 9.37. The molecule has 1 atom stereocenters. The fraction of sp³-hybridized carbons (Fsp3) is 0.250. The molecule has 0 saturated carbocycles. The van der Waals surface area contributed by atoms with Gasteiger partial charge in [-0.3, -0.25) is 0 Å². The second kappa shape index (κ2) is 5.94. The molecule has 1 aliphatic rings. The first-order valence-electron chi connectivity index (χ1n) is 6.58. The number of nitrogens with two attached hydrogens (primary N) is 1. The molecular formula is C16H16ClNO2. The SMILES string of the molecule is NC(c1ccc(Cl)cc1)c1ccc(C2OCCO2)cc1. The molecule has 0 aliphatic carbocycles. The standard InChI is InChI=1S/C16H16ClNO2/c17-14-7-5-12(6-8-14)15(18)11-1-3-13(4-2-11)16-19-9-10-20-16/h1-8,15-16H,9-10,18H2. The number of hydrogen-bond acceptors (Lipinski definition) is 3. The molecule has 2 aromatic rings. The van der Waals surface area contributed by atoms with Crippen molar-refractivity contribution in [2.45, 2.75) is 12.3 Å². The van der Waals surface area contributed by atoms with Crippen LogP contribution in [-0.2, 0) is 9.47 Å². The predicted octanol–water partition coefficient (Wildman–Crippen LogP) is 3.43. The first-order valence-corrected chi connectivity index (χ1v) is 6.96. The Morgan fingerprint density at radius 2 is 1.40 bits per heavy atom. The zero-order valence-electron chi connectivity index (χ0n) is 11.0. The van der Waals surface area contributed by atoms with Gasteiger partial charge in [-0.25, -0.2) is 0 Å². The number of hydrogen-bond donors (Lipinski definition) is 1. The maximum atomic E-state index is 6.26. The summed E-state index contributed by atoms with van der Waals surface area (Å²) in [5.74, 6) is 0. The lowest BCUT2D eigenvalue weighted by Crippen LogP contribution is -2.11. The summed E-state index contributed by atoms with van der Waals surface area (Å²) in [5, 5.41) is 0.715. The minimum absolute atomic E-state index is 0.160. The fourth-order valence-corrected chi connectivity index (χ4v) is 2.40. The molecule has 1 fully saturated rings. The van der Waals surface area contributed by atoms with Gasteiger partial charge in [-0.1, -0.05) is 48.0 Å². The maximum absolute atomic E-state index is 6.26. The van der Waals surface area contributed by atoms with Gasteiger partial charge in [-0.15, -0.1) is 0 Å². The largest absolute Gasteiger partial charge is 0.346 e. The molecule has 1 heterocycles. The number of ether oxygens (including phenoxy) is 2. The quantitative estimate of drug-likeness (QED) is 0.941. The Kier molecular flexibility index (Phi) is 4.03. The second-order valence-electron chi connectivity index (χ2n) is 4.77. The smallest absolute Gasteiger partial charge is 0.184 e. The third-order valence-corrected chi connectivity index (χ3v) is 3.67. The Morgan fingerprint density at radius 3 is 1.95 bits per heavy atom. The summed E-state index contributed by atoms with van der Waals surface area (Å²) in [7, 11) is 0. The third kappa shape index (κ3) is 2.86. The van der Waals surface area contributed by atoms with Crippen LogP contribution in [0.3, 0.4) is 0 Å². The second-order valence-corrected chi connectivity index (χ2v) is 5.21. The highest BCUT2D eigenvalue weighted by Gasteiger charge is 2.18. The molecule has 2 aromatic carbocycles. The zero-order chi connectivity index (χ0) is 13.9. The van der Waals surface area contributed by atoms with Crippen LogP contribution in [0.25, 0.3) is 0 Å². The van der Waals surface area contributed by atoms with E-state index in [1.807, 2.05) is 48.5 Å². The van der Waals surface area contributed by atoms with E-state index in [2.05, 4.69) is 0 Å². The molecule has 3 nitrogen and oxygen atoms in total. The van der Waals surface area contributed by atoms with E-state index in [4.69, 9.17) is 26.8 Å². The lowest BCUT2D eigenvalue weighted by atomic mass is 9.98. The molecule has 4 heteroatoms.